The summed E-state index contributed by atoms with van der Waals surface area (Å²) in [6, 6.07) is 7.91. The van der Waals surface area contributed by atoms with Crippen molar-refractivity contribution < 1.29 is 23.1 Å². The lowest BCUT2D eigenvalue weighted by molar-refractivity contribution is -0.137. The zero-order chi connectivity index (χ0) is 22.9. The molecule has 2 N–H and O–H groups in total. The molecule has 10 heteroatoms. The molecule has 0 saturated carbocycles. The Morgan fingerprint density at radius 2 is 1.94 bits per heavy atom. The van der Waals surface area contributed by atoms with Crippen LogP contribution in [0.3, 0.4) is 0 Å². The second kappa shape index (κ2) is 8.29. The van der Waals surface area contributed by atoms with Crippen LogP contribution in [0.2, 0.25) is 0 Å². The lowest BCUT2D eigenvalue weighted by Gasteiger charge is -2.25. The molecule has 3 heterocycles. The summed E-state index contributed by atoms with van der Waals surface area (Å²) >= 11 is 1.31. The van der Waals surface area contributed by atoms with E-state index in [4.69, 9.17) is 0 Å². The van der Waals surface area contributed by atoms with Crippen LogP contribution in [0.15, 0.2) is 64.6 Å². The summed E-state index contributed by atoms with van der Waals surface area (Å²) < 4.78 is 39.2. The van der Waals surface area contributed by atoms with Crippen LogP contribution in [0.5, 0.6) is 0 Å². The van der Waals surface area contributed by atoms with Crippen molar-refractivity contribution in [1.82, 2.24) is 9.97 Å². The standard InChI is InChI=1S/C22H17F3N4O2S/c1-21(31,14-3-2-4-15(9-14)22(23,24)25)18-7-6-16(28-18)13-5-8-19(26-10-13)29-20(30)17-11-32-12-27-17/h2-6,8-12,31H,7H2,1H3,(H,26,29,30). The molecule has 0 fully saturated rings. The Bertz CT molecular complexity index is 1200. The fraction of sp³-hybridized carbons (Fsp3) is 0.182. The molecular weight excluding hydrogens is 441 g/mol. The lowest BCUT2D eigenvalue weighted by atomic mass is 9.88. The number of pyridine rings is 1. The molecule has 1 amide bonds. The highest BCUT2D eigenvalue weighted by Crippen LogP contribution is 2.35. The van der Waals surface area contributed by atoms with Gasteiger partial charge in [0, 0.05) is 23.6 Å². The van der Waals surface area contributed by atoms with Gasteiger partial charge in [0.1, 0.15) is 17.1 Å². The van der Waals surface area contributed by atoms with Gasteiger partial charge in [0.2, 0.25) is 0 Å². The number of aromatic nitrogens is 2. The molecule has 32 heavy (non-hydrogen) atoms. The van der Waals surface area contributed by atoms with Gasteiger partial charge in [0.25, 0.3) is 5.91 Å². The van der Waals surface area contributed by atoms with Crippen molar-refractivity contribution >= 4 is 34.5 Å². The molecule has 1 aliphatic rings. The summed E-state index contributed by atoms with van der Waals surface area (Å²) in [5.41, 5.74) is 0.971. The predicted molar refractivity (Wildman–Crippen MR) is 115 cm³/mol. The molecule has 0 spiro atoms. The fourth-order valence-corrected chi connectivity index (χ4v) is 3.74. The van der Waals surface area contributed by atoms with Gasteiger partial charge in [-0.15, -0.1) is 11.3 Å². The molecule has 0 radical (unpaired) electrons. The minimum Gasteiger partial charge on any atom is -0.379 e. The molecule has 0 saturated heterocycles. The maximum absolute atomic E-state index is 13.1. The smallest absolute Gasteiger partial charge is 0.379 e. The Hall–Kier alpha value is -3.37. The first-order valence-corrected chi connectivity index (χ1v) is 10.4. The normalized spacial score (nSPS) is 15.7. The summed E-state index contributed by atoms with van der Waals surface area (Å²) in [5.74, 6) is -0.0328. The number of carbonyl (C=O) groups excluding carboxylic acids is 1. The summed E-state index contributed by atoms with van der Waals surface area (Å²) in [6.07, 6.45) is -0.938. The van der Waals surface area contributed by atoms with Crippen molar-refractivity contribution in [2.24, 2.45) is 4.99 Å². The van der Waals surface area contributed by atoms with Crippen LogP contribution in [0.1, 0.15) is 40.5 Å². The molecule has 6 nitrogen and oxygen atoms in total. The fourth-order valence-electron chi connectivity index (χ4n) is 3.21. The number of anilines is 1. The number of aliphatic imine (C=N–C) groups is 1. The molecule has 2 aromatic heterocycles. The second-order valence-electron chi connectivity index (χ2n) is 7.26. The van der Waals surface area contributed by atoms with Gasteiger partial charge in [0.05, 0.1) is 22.5 Å². The number of rotatable bonds is 5. The van der Waals surface area contributed by atoms with Crippen LogP contribution in [0, 0.1) is 0 Å². The van der Waals surface area contributed by atoms with Crippen LogP contribution in [0.4, 0.5) is 19.0 Å². The second-order valence-corrected chi connectivity index (χ2v) is 7.98. The van der Waals surface area contributed by atoms with E-state index in [0.29, 0.717) is 28.5 Å². The summed E-state index contributed by atoms with van der Waals surface area (Å²) in [7, 11) is 0. The maximum atomic E-state index is 13.1. The minimum atomic E-state index is -4.50. The Kier molecular flexibility index (Phi) is 5.66. The first-order valence-electron chi connectivity index (χ1n) is 9.49. The van der Waals surface area contributed by atoms with E-state index < -0.39 is 17.3 Å². The molecule has 4 rings (SSSR count). The summed E-state index contributed by atoms with van der Waals surface area (Å²) in [6.45, 7) is 1.42. The third-order valence-electron chi connectivity index (χ3n) is 5.02. The monoisotopic (exact) mass is 458 g/mol. The van der Waals surface area contributed by atoms with Crippen molar-refractivity contribution in [2.75, 3.05) is 5.32 Å². The van der Waals surface area contributed by atoms with E-state index in [1.807, 2.05) is 0 Å². The van der Waals surface area contributed by atoms with E-state index in [-0.39, 0.29) is 17.9 Å². The zero-order valence-corrected chi connectivity index (χ0v) is 17.5. The molecule has 1 aliphatic heterocycles. The topological polar surface area (TPSA) is 87.5 Å². The van der Waals surface area contributed by atoms with E-state index in [2.05, 4.69) is 20.3 Å². The summed E-state index contributed by atoms with van der Waals surface area (Å²) in [4.78, 5) is 24.6. The Labute approximate surface area is 185 Å². The lowest BCUT2D eigenvalue weighted by Crippen LogP contribution is -2.31. The predicted octanol–water partition coefficient (Wildman–Crippen LogP) is 4.90. The molecular formula is C22H17F3N4O2S. The van der Waals surface area contributed by atoms with Gasteiger partial charge in [-0.2, -0.15) is 13.2 Å². The largest absolute Gasteiger partial charge is 0.416 e. The molecule has 0 aliphatic carbocycles. The van der Waals surface area contributed by atoms with Crippen LogP contribution < -0.4 is 5.32 Å². The molecule has 0 bridgehead atoms. The number of thiazole rings is 1. The van der Waals surface area contributed by atoms with E-state index in [1.54, 1.807) is 29.1 Å². The van der Waals surface area contributed by atoms with Crippen molar-refractivity contribution in [2.45, 2.75) is 25.1 Å². The number of aliphatic hydroxyl groups is 1. The van der Waals surface area contributed by atoms with Crippen LogP contribution in [0.25, 0.3) is 5.70 Å². The third-order valence-corrected chi connectivity index (χ3v) is 5.61. The number of halogens is 3. The third kappa shape index (κ3) is 4.46. The van der Waals surface area contributed by atoms with E-state index >= 15 is 0 Å². The van der Waals surface area contributed by atoms with Crippen LogP contribution >= 0.6 is 11.3 Å². The number of alkyl halides is 3. The van der Waals surface area contributed by atoms with Crippen molar-refractivity contribution in [3.63, 3.8) is 0 Å². The van der Waals surface area contributed by atoms with E-state index in [9.17, 15) is 23.1 Å². The van der Waals surface area contributed by atoms with Gasteiger partial charge in [0.15, 0.2) is 0 Å². The van der Waals surface area contributed by atoms with E-state index in [0.717, 1.165) is 12.1 Å². The number of hydrogen-bond acceptors (Lipinski definition) is 6. The van der Waals surface area contributed by atoms with Crippen molar-refractivity contribution in [1.29, 1.82) is 0 Å². The number of benzene rings is 1. The number of carbonyl (C=O) groups is 1. The van der Waals surface area contributed by atoms with Gasteiger partial charge >= 0.3 is 6.18 Å². The van der Waals surface area contributed by atoms with Crippen molar-refractivity contribution in [3.8, 4) is 0 Å². The first-order chi connectivity index (χ1) is 15.1. The maximum Gasteiger partial charge on any atom is 0.416 e. The number of nitrogens with zero attached hydrogens (tertiary/aromatic N) is 3. The molecule has 1 aromatic carbocycles. The quantitative estimate of drug-likeness (QED) is 0.569. The van der Waals surface area contributed by atoms with E-state index in [1.165, 1.54) is 36.6 Å². The average molecular weight is 458 g/mol. The molecule has 1 atom stereocenters. The van der Waals surface area contributed by atoms with Gasteiger partial charge in [-0.05, 0) is 36.8 Å². The Morgan fingerprint density at radius 1 is 1.16 bits per heavy atom. The Balaban J connectivity index is 1.50. The number of nitrogens with one attached hydrogen (secondary N) is 1. The highest BCUT2D eigenvalue weighted by molar-refractivity contribution is 7.07. The van der Waals surface area contributed by atoms with Crippen LogP contribution in [-0.4, -0.2) is 26.7 Å². The Morgan fingerprint density at radius 3 is 2.59 bits per heavy atom. The van der Waals surface area contributed by atoms with Crippen molar-refractivity contribution in [3.05, 3.63) is 81.9 Å². The average Bonchev–Trinajstić information content (AvgIpc) is 3.46. The van der Waals surface area contributed by atoms with Crippen LogP contribution in [-0.2, 0) is 11.8 Å². The number of hydrogen-bond donors (Lipinski definition) is 2. The molecule has 3 aromatic rings. The van der Waals surface area contributed by atoms with Gasteiger partial charge in [-0.25, -0.2) is 9.97 Å². The van der Waals surface area contributed by atoms with Gasteiger partial charge in [-0.1, -0.05) is 18.2 Å². The summed E-state index contributed by atoms with van der Waals surface area (Å²) in [5, 5.41) is 15.2. The van der Waals surface area contributed by atoms with Gasteiger partial charge < -0.3 is 10.4 Å². The number of amides is 1. The highest BCUT2D eigenvalue weighted by atomic mass is 32.1. The number of allylic oxidation sites excluding steroid dienone is 1. The van der Waals surface area contributed by atoms with Gasteiger partial charge in [-0.3, -0.25) is 9.79 Å². The molecule has 1 unspecified atom stereocenters. The highest BCUT2D eigenvalue weighted by Gasteiger charge is 2.35. The SMILES string of the molecule is CC(O)(C1=NC(c2ccc(NC(=O)c3cscn3)nc2)=CC1)c1cccc(C(F)(F)F)c1. The molecule has 164 valence electrons. The zero-order valence-electron chi connectivity index (χ0n) is 16.7. The first kappa shape index (κ1) is 21.8. The minimum absolute atomic E-state index is 0.110.